The van der Waals surface area contributed by atoms with Gasteiger partial charge in [-0.3, -0.25) is 0 Å². The third-order valence-corrected chi connectivity index (χ3v) is 2.57. The lowest BCUT2D eigenvalue weighted by molar-refractivity contribution is 0.430. The Morgan fingerprint density at radius 2 is 1.86 bits per heavy atom. The number of hydrogen-bond donors (Lipinski definition) is 2. The molecule has 1 aliphatic heterocycles. The van der Waals surface area contributed by atoms with Gasteiger partial charge in [0.25, 0.3) is 0 Å². The van der Waals surface area contributed by atoms with Crippen LogP contribution in [0.5, 0.6) is 0 Å². The van der Waals surface area contributed by atoms with Gasteiger partial charge in [0.2, 0.25) is 0 Å². The number of piperazine rings is 1. The molecule has 1 unspecified atom stereocenters. The first kappa shape index (κ1) is 11.8. The highest BCUT2D eigenvalue weighted by atomic mass is 35.5. The van der Waals surface area contributed by atoms with E-state index in [2.05, 4.69) is 22.8 Å². The van der Waals surface area contributed by atoms with E-state index >= 15 is 0 Å². The molecule has 1 aromatic rings. The molecule has 78 valence electrons. The molecule has 0 bridgehead atoms. The van der Waals surface area contributed by atoms with E-state index in [1.807, 2.05) is 12.1 Å². The van der Waals surface area contributed by atoms with Crippen molar-refractivity contribution in [2.75, 3.05) is 19.6 Å². The van der Waals surface area contributed by atoms with Gasteiger partial charge in [-0.05, 0) is 17.7 Å². The molecular weight excluding hydrogens is 219 g/mol. The van der Waals surface area contributed by atoms with Crippen LogP contribution in [0.4, 0.5) is 0 Å². The highest BCUT2D eigenvalue weighted by Crippen LogP contribution is 2.16. The largest absolute Gasteiger partial charge is 0.314 e. The fourth-order valence-corrected chi connectivity index (χ4v) is 1.71. The molecule has 0 aliphatic carbocycles. The molecule has 1 atom stereocenters. The SMILES string of the molecule is Cl.Clc1ccc(C2CNCCN2)cc1. The highest BCUT2D eigenvalue weighted by molar-refractivity contribution is 6.30. The third-order valence-electron chi connectivity index (χ3n) is 2.31. The lowest BCUT2D eigenvalue weighted by atomic mass is 10.1. The Bertz CT molecular complexity index is 268. The molecule has 1 heterocycles. The van der Waals surface area contributed by atoms with Gasteiger partial charge in [-0.2, -0.15) is 0 Å². The average Bonchev–Trinajstić information content (AvgIpc) is 2.20. The fraction of sp³-hybridized carbons (Fsp3) is 0.400. The van der Waals surface area contributed by atoms with Crippen LogP contribution in [0.15, 0.2) is 24.3 Å². The molecule has 1 aromatic carbocycles. The minimum absolute atomic E-state index is 0. The second-order valence-electron chi connectivity index (χ2n) is 3.26. The van der Waals surface area contributed by atoms with Gasteiger partial charge in [0.1, 0.15) is 0 Å². The van der Waals surface area contributed by atoms with E-state index in [1.54, 1.807) is 0 Å². The van der Waals surface area contributed by atoms with Gasteiger partial charge < -0.3 is 10.6 Å². The molecule has 0 aromatic heterocycles. The van der Waals surface area contributed by atoms with Gasteiger partial charge >= 0.3 is 0 Å². The number of halogens is 2. The highest BCUT2D eigenvalue weighted by Gasteiger charge is 2.13. The monoisotopic (exact) mass is 232 g/mol. The smallest absolute Gasteiger partial charge is 0.0447 e. The molecule has 2 N–H and O–H groups in total. The normalized spacial score (nSPS) is 21.4. The van der Waals surface area contributed by atoms with Crippen LogP contribution in [0.3, 0.4) is 0 Å². The Kier molecular flexibility index (Phi) is 4.69. The first-order valence-corrected chi connectivity index (χ1v) is 4.93. The molecule has 0 radical (unpaired) electrons. The summed E-state index contributed by atoms with van der Waals surface area (Å²) in [5.74, 6) is 0. The summed E-state index contributed by atoms with van der Waals surface area (Å²) in [5.41, 5.74) is 1.30. The summed E-state index contributed by atoms with van der Waals surface area (Å²) in [6.07, 6.45) is 0. The van der Waals surface area contributed by atoms with Crippen LogP contribution in [-0.4, -0.2) is 19.6 Å². The van der Waals surface area contributed by atoms with E-state index in [4.69, 9.17) is 11.6 Å². The van der Waals surface area contributed by atoms with Gasteiger partial charge in [-0.1, -0.05) is 23.7 Å². The van der Waals surface area contributed by atoms with E-state index in [1.165, 1.54) is 5.56 Å². The Hall–Kier alpha value is -0.280. The predicted molar refractivity (Wildman–Crippen MR) is 62.3 cm³/mol. The molecule has 1 fully saturated rings. The molecule has 2 rings (SSSR count). The molecule has 1 saturated heterocycles. The molecule has 0 amide bonds. The zero-order valence-electron chi connectivity index (χ0n) is 7.79. The van der Waals surface area contributed by atoms with Crippen LogP contribution in [0.1, 0.15) is 11.6 Å². The summed E-state index contributed by atoms with van der Waals surface area (Å²) in [4.78, 5) is 0. The first-order chi connectivity index (χ1) is 6.36. The lowest BCUT2D eigenvalue weighted by Gasteiger charge is -2.24. The topological polar surface area (TPSA) is 24.1 Å². The quantitative estimate of drug-likeness (QED) is 0.775. The summed E-state index contributed by atoms with van der Waals surface area (Å²) in [7, 11) is 0. The van der Waals surface area contributed by atoms with Crippen LogP contribution in [0.25, 0.3) is 0 Å². The Balaban J connectivity index is 0.000000980. The summed E-state index contributed by atoms with van der Waals surface area (Å²) in [5, 5.41) is 7.60. The van der Waals surface area contributed by atoms with Crippen molar-refractivity contribution >= 4 is 24.0 Å². The van der Waals surface area contributed by atoms with Crippen LogP contribution in [0.2, 0.25) is 5.02 Å². The summed E-state index contributed by atoms with van der Waals surface area (Å²) >= 11 is 5.81. The summed E-state index contributed by atoms with van der Waals surface area (Å²) in [6, 6.07) is 8.46. The molecule has 4 heteroatoms. The standard InChI is InChI=1S/C10H13ClN2.ClH/c11-9-3-1-8(2-4-9)10-7-12-5-6-13-10;/h1-4,10,12-13H,5-7H2;1H. The van der Waals surface area contributed by atoms with Crippen molar-refractivity contribution in [2.24, 2.45) is 0 Å². The second-order valence-corrected chi connectivity index (χ2v) is 3.70. The molecule has 14 heavy (non-hydrogen) atoms. The molecule has 2 nitrogen and oxygen atoms in total. The Morgan fingerprint density at radius 3 is 2.43 bits per heavy atom. The van der Waals surface area contributed by atoms with Gasteiger partial charge in [0.05, 0.1) is 0 Å². The van der Waals surface area contributed by atoms with Crippen molar-refractivity contribution < 1.29 is 0 Å². The predicted octanol–water partition coefficient (Wildman–Crippen LogP) is 2.00. The molecule has 0 spiro atoms. The summed E-state index contributed by atoms with van der Waals surface area (Å²) < 4.78 is 0. The second kappa shape index (κ2) is 5.56. The first-order valence-electron chi connectivity index (χ1n) is 4.56. The van der Waals surface area contributed by atoms with Gasteiger partial charge in [-0.15, -0.1) is 12.4 Å². The van der Waals surface area contributed by atoms with Crippen molar-refractivity contribution in [3.63, 3.8) is 0 Å². The number of hydrogen-bond acceptors (Lipinski definition) is 2. The number of benzene rings is 1. The summed E-state index contributed by atoms with van der Waals surface area (Å²) in [6.45, 7) is 3.10. The molecular formula is C10H14Cl2N2. The van der Waals surface area contributed by atoms with Gasteiger partial charge in [-0.25, -0.2) is 0 Å². The van der Waals surface area contributed by atoms with E-state index in [-0.39, 0.29) is 12.4 Å². The average molecular weight is 233 g/mol. The zero-order chi connectivity index (χ0) is 9.10. The van der Waals surface area contributed by atoms with Crippen molar-refractivity contribution in [3.8, 4) is 0 Å². The van der Waals surface area contributed by atoms with Gasteiger partial charge in [0.15, 0.2) is 0 Å². The number of rotatable bonds is 1. The maximum absolute atomic E-state index is 5.81. The molecule has 1 aliphatic rings. The maximum Gasteiger partial charge on any atom is 0.0447 e. The Labute approximate surface area is 95.4 Å². The molecule has 0 saturated carbocycles. The fourth-order valence-electron chi connectivity index (χ4n) is 1.58. The zero-order valence-corrected chi connectivity index (χ0v) is 9.37. The van der Waals surface area contributed by atoms with Crippen LogP contribution in [-0.2, 0) is 0 Å². The third kappa shape index (κ3) is 2.85. The van der Waals surface area contributed by atoms with Gasteiger partial charge in [0, 0.05) is 30.7 Å². The van der Waals surface area contributed by atoms with Crippen LogP contribution in [0, 0.1) is 0 Å². The van der Waals surface area contributed by atoms with Crippen LogP contribution < -0.4 is 10.6 Å². The maximum atomic E-state index is 5.81. The van der Waals surface area contributed by atoms with Crippen LogP contribution >= 0.6 is 24.0 Å². The number of nitrogens with one attached hydrogen (secondary N) is 2. The minimum Gasteiger partial charge on any atom is -0.314 e. The van der Waals surface area contributed by atoms with Crippen molar-refractivity contribution in [3.05, 3.63) is 34.9 Å². The Morgan fingerprint density at radius 1 is 1.14 bits per heavy atom. The van der Waals surface area contributed by atoms with Crippen molar-refractivity contribution in [1.82, 2.24) is 10.6 Å². The lowest BCUT2D eigenvalue weighted by Crippen LogP contribution is -2.42. The minimum atomic E-state index is 0. The van der Waals surface area contributed by atoms with Crippen molar-refractivity contribution in [2.45, 2.75) is 6.04 Å². The van der Waals surface area contributed by atoms with E-state index < -0.39 is 0 Å². The van der Waals surface area contributed by atoms with Crippen molar-refractivity contribution in [1.29, 1.82) is 0 Å². The van der Waals surface area contributed by atoms with E-state index in [0.717, 1.165) is 24.7 Å². The van der Waals surface area contributed by atoms with E-state index in [9.17, 15) is 0 Å². The van der Waals surface area contributed by atoms with E-state index in [0.29, 0.717) is 6.04 Å².